The molecule has 1 atom stereocenters. The highest BCUT2D eigenvalue weighted by Gasteiger charge is 2.36. The normalized spacial score (nSPS) is 21.3. The van der Waals surface area contributed by atoms with Gasteiger partial charge in [-0.1, -0.05) is 36.8 Å². The van der Waals surface area contributed by atoms with Crippen molar-refractivity contribution in [3.05, 3.63) is 34.3 Å². The number of aliphatic hydroxyl groups is 1. The van der Waals surface area contributed by atoms with Gasteiger partial charge in [-0.15, -0.1) is 0 Å². The summed E-state index contributed by atoms with van der Waals surface area (Å²) in [6.45, 7) is 11.3. The third-order valence-electron chi connectivity index (χ3n) is 3.91. The molecule has 1 unspecified atom stereocenters. The first-order chi connectivity index (χ1) is 8.56. The van der Waals surface area contributed by atoms with Gasteiger partial charge in [0.25, 0.3) is 0 Å². The summed E-state index contributed by atoms with van der Waals surface area (Å²) in [5.41, 5.74) is 0.309. The summed E-state index contributed by atoms with van der Waals surface area (Å²) < 4.78 is 5.75. The van der Waals surface area contributed by atoms with Crippen LogP contribution in [0.3, 0.4) is 0 Å². The first-order valence-electron chi connectivity index (χ1n) is 6.55. The fourth-order valence-electron chi connectivity index (χ4n) is 1.42. The van der Waals surface area contributed by atoms with Gasteiger partial charge >= 0.3 is 7.48 Å². The Bertz CT molecular complexity index is 428. The molecule has 0 spiro atoms. The van der Waals surface area contributed by atoms with E-state index in [1.54, 1.807) is 21.3 Å². The van der Waals surface area contributed by atoms with Gasteiger partial charge in [0.1, 0.15) is 0 Å². The number of hydrogen-bond acceptors (Lipinski definition) is 2. The van der Waals surface area contributed by atoms with Crippen molar-refractivity contribution >= 4 is 19.1 Å². The molecule has 1 aliphatic carbocycles. The van der Waals surface area contributed by atoms with E-state index in [9.17, 15) is 5.11 Å². The maximum Gasteiger partial charge on any atom is 0.332 e. The predicted molar refractivity (Wildman–Crippen MR) is 82.2 cm³/mol. The molecular weight excluding hydrogens is 258 g/mol. The summed E-state index contributed by atoms with van der Waals surface area (Å²) in [4.78, 5) is 0. The van der Waals surface area contributed by atoms with E-state index in [-0.39, 0.29) is 0 Å². The lowest BCUT2D eigenvalue weighted by atomic mass is 9.81. The molecule has 19 heavy (non-hydrogen) atoms. The lowest BCUT2D eigenvalue weighted by Gasteiger charge is -2.37. The van der Waals surface area contributed by atoms with Crippen LogP contribution in [0.4, 0.5) is 0 Å². The second-order valence-electron chi connectivity index (χ2n) is 6.10. The molecule has 0 bridgehead atoms. The van der Waals surface area contributed by atoms with Gasteiger partial charge < -0.3 is 9.76 Å². The molecular formula is C15H23BClO2. The van der Waals surface area contributed by atoms with Gasteiger partial charge in [0.05, 0.1) is 11.2 Å². The van der Waals surface area contributed by atoms with Crippen molar-refractivity contribution in [3.63, 3.8) is 0 Å². The summed E-state index contributed by atoms with van der Waals surface area (Å²) in [5.74, 6) is 0.317. The number of allylic oxidation sites excluding steroid dienone is 6. The molecule has 105 valence electrons. The monoisotopic (exact) mass is 281 g/mol. The van der Waals surface area contributed by atoms with Crippen LogP contribution in [0.25, 0.3) is 0 Å². The minimum absolute atomic E-state index is 0.317. The van der Waals surface area contributed by atoms with Crippen LogP contribution in [0, 0.1) is 5.92 Å². The summed E-state index contributed by atoms with van der Waals surface area (Å²) in [7, 11) is 1.63. The van der Waals surface area contributed by atoms with Gasteiger partial charge in [0.2, 0.25) is 0 Å². The maximum atomic E-state index is 10.1. The predicted octanol–water partition coefficient (Wildman–Crippen LogP) is 3.77. The van der Waals surface area contributed by atoms with Gasteiger partial charge in [-0.2, -0.15) is 0 Å². The van der Waals surface area contributed by atoms with Crippen LogP contribution in [0.15, 0.2) is 34.3 Å². The number of hydrogen-bond donors (Lipinski definition) is 1. The molecule has 4 heteroatoms. The molecule has 0 aromatic heterocycles. The number of rotatable bonds is 4. The van der Waals surface area contributed by atoms with E-state index in [4.69, 9.17) is 16.3 Å². The van der Waals surface area contributed by atoms with Gasteiger partial charge in [-0.3, -0.25) is 0 Å². The average molecular weight is 282 g/mol. The Morgan fingerprint density at radius 2 is 1.89 bits per heavy atom. The van der Waals surface area contributed by atoms with E-state index in [1.807, 2.05) is 32.9 Å². The second kappa shape index (κ2) is 5.86. The summed E-state index contributed by atoms with van der Waals surface area (Å²) in [6, 6.07) is 0. The Labute approximate surface area is 122 Å². The largest absolute Gasteiger partial charge is 0.427 e. The van der Waals surface area contributed by atoms with Crippen LogP contribution < -0.4 is 0 Å². The van der Waals surface area contributed by atoms with E-state index in [1.165, 1.54) is 0 Å². The molecule has 0 aromatic carbocycles. The van der Waals surface area contributed by atoms with Crippen LogP contribution in [-0.2, 0) is 4.65 Å². The van der Waals surface area contributed by atoms with Crippen molar-refractivity contribution in [2.75, 3.05) is 0 Å². The van der Waals surface area contributed by atoms with Crippen molar-refractivity contribution in [2.24, 2.45) is 5.92 Å². The highest BCUT2D eigenvalue weighted by atomic mass is 35.5. The molecule has 1 aliphatic rings. The first-order valence-corrected chi connectivity index (χ1v) is 6.92. The first kappa shape index (κ1) is 16.5. The van der Waals surface area contributed by atoms with Crippen LogP contribution >= 0.6 is 11.6 Å². The highest BCUT2D eigenvalue weighted by molar-refractivity contribution is 6.48. The SMILES string of the molecule is CC1=C(Cl)C([B]OC(C)(C)C(C)(C)O)=CC=CC1C. The Kier molecular flexibility index (Phi) is 5.11. The Hall–Kier alpha value is -0.505. The summed E-state index contributed by atoms with van der Waals surface area (Å²) in [5, 5.41) is 10.8. The third kappa shape index (κ3) is 3.98. The van der Waals surface area contributed by atoms with E-state index in [0.717, 1.165) is 11.0 Å². The van der Waals surface area contributed by atoms with Crippen molar-refractivity contribution in [2.45, 2.75) is 52.7 Å². The highest BCUT2D eigenvalue weighted by Crippen LogP contribution is 2.30. The molecule has 0 aromatic rings. The molecule has 2 nitrogen and oxygen atoms in total. The van der Waals surface area contributed by atoms with Crippen LogP contribution in [0.1, 0.15) is 41.5 Å². The van der Waals surface area contributed by atoms with Gasteiger partial charge in [0, 0.05) is 5.03 Å². The molecule has 1 N–H and O–H groups in total. The van der Waals surface area contributed by atoms with E-state index < -0.39 is 11.2 Å². The Balaban J connectivity index is 2.84. The Morgan fingerprint density at radius 1 is 1.32 bits per heavy atom. The van der Waals surface area contributed by atoms with Crippen molar-refractivity contribution in [1.29, 1.82) is 0 Å². The smallest absolute Gasteiger partial charge is 0.332 e. The van der Waals surface area contributed by atoms with E-state index in [0.29, 0.717) is 11.0 Å². The zero-order valence-corrected chi connectivity index (χ0v) is 13.4. The van der Waals surface area contributed by atoms with Crippen molar-refractivity contribution in [1.82, 2.24) is 0 Å². The lowest BCUT2D eigenvalue weighted by Crippen LogP contribution is -2.48. The Morgan fingerprint density at radius 3 is 2.42 bits per heavy atom. The maximum absolute atomic E-state index is 10.1. The van der Waals surface area contributed by atoms with E-state index >= 15 is 0 Å². The topological polar surface area (TPSA) is 29.5 Å². The zero-order chi connectivity index (χ0) is 14.8. The molecule has 1 rings (SSSR count). The lowest BCUT2D eigenvalue weighted by molar-refractivity contribution is -0.0896. The fraction of sp³-hybridized carbons (Fsp3) is 0.600. The zero-order valence-electron chi connectivity index (χ0n) is 12.6. The third-order valence-corrected chi connectivity index (χ3v) is 4.43. The standard InChI is InChI=1S/C15H23BClO2/c1-10-8-7-9-12(13(17)11(10)2)16-19-15(5,6)14(3,4)18/h7-10,18H,1-6H3. The minimum atomic E-state index is -0.941. The molecule has 0 fully saturated rings. The van der Waals surface area contributed by atoms with Crippen LogP contribution in [0.5, 0.6) is 0 Å². The summed E-state index contributed by atoms with van der Waals surface area (Å²) in [6.07, 6.45) is 6.01. The van der Waals surface area contributed by atoms with Crippen molar-refractivity contribution in [3.8, 4) is 0 Å². The molecule has 1 radical (unpaired) electrons. The van der Waals surface area contributed by atoms with E-state index in [2.05, 4.69) is 13.0 Å². The van der Waals surface area contributed by atoms with Crippen LogP contribution in [0.2, 0.25) is 0 Å². The van der Waals surface area contributed by atoms with Gasteiger partial charge in [-0.05, 0) is 51.6 Å². The van der Waals surface area contributed by atoms with Gasteiger partial charge in [-0.25, -0.2) is 0 Å². The summed E-state index contributed by atoms with van der Waals surface area (Å²) >= 11 is 6.37. The molecule has 0 heterocycles. The minimum Gasteiger partial charge on any atom is -0.427 e. The van der Waals surface area contributed by atoms with Gasteiger partial charge in [0.15, 0.2) is 0 Å². The number of halogens is 1. The quantitative estimate of drug-likeness (QED) is 0.795. The average Bonchev–Trinajstić information content (AvgIpc) is 2.39. The molecule has 0 aliphatic heterocycles. The molecule has 0 amide bonds. The van der Waals surface area contributed by atoms with Crippen molar-refractivity contribution < 1.29 is 9.76 Å². The fourth-order valence-corrected chi connectivity index (χ4v) is 1.70. The second-order valence-corrected chi connectivity index (χ2v) is 6.48. The molecule has 0 saturated carbocycles. The van der Waals surface area contributed by atoms with Crippen LogP contribution in [-0.4, -0.2) is 23.8 Å². The molecule has 0 saturated heterocycles.